The van der Waals surface area contributed by atoms with Crippen molar-refractivity contribution in [2.45, 2.75) is 12.3 Å². The molecule has 1 aromatic heterocycles. The molecule has 4 rings (SSSR count). The maximum atomic E-state index is 13.0. The van der Waals surface area contributed by atoms with Gasteiger partial charge in [0.1, 0.15) is 11.5 Å². The van der Waals surface area contributed by atoms with Crippen molar-refractivity contribution >= 4 is 16.7 Å². The first-order chi connectivity index (χ1) is 13.2. The molecule has 5 heteroatoms. The molecule has 1 atom stereocenters. The van der Waals surface area contributed by atoms with Gasteiger partial charge in [0.25, 0.3) is 5.91 Å². The first-order valence-electron chi connectivity index (χ1n) is 9.05. The minimum atomic E-state index is -0.0159. The molecule has 1 aliphatic heterocycles. The summed E-state index contributed by atoms with van der Waals surface area (Å²) in [5.74, 6) is 1.44. The van der Waals surface area contributed by atoms with E-state index in [0.29, 0.717) is 30.2 Å². The average Bonchev–Trinajstić information content (AvgIpc) is 3.22. The van der Waals surface area contributed by atoms with Gasteiger partial charge in [-0.3, -0.25) is 9.78 Å². The van der Waals surface area contributed by atoms with Gasteiger partial charge in [0, 0.05) is 42.4 Å². The number of fused-ring (bicyclic) bond motifs is 1. The maximum Gasteiger partial charge on any atom is 0.257 e. The summed E-state index contributed by atoms with van der Waals surface area (Å²) in [6.45, 7) is 1.38. The van der Waals surface area contributed by atoms with Gasteiger partial charge >= 0.3 is 0 Å². The molecule has 138 valence electrons. The second-order valence-corrected chi connectivity index (χ2v) is 6.76. The number of benzene rings is 2. The Labute approximate surface area is 158 Å². The van der Waals surface area contributed by atoms with Crippen molar-refractivity contribution in [3.05, 3.63) is 66.0 Å². The number of rotatable bonds is 4. The zero-order chi connectivity index (χ0) is 18.8. The molecule has 0 spiro atoms. The highest BCUT2D eigenvalue weighted by atomic mass is 16.5. The number of nitrogens with zero attached hydrogens (tertiary/aromatic N) is 2. The molecule has 0 unspecified atom stereocenters. The number of carbonyl (C=O) groups is 1. The minimum absolute atomic E-state index is 0.0159. The van der Waals surface area contributed by atoms with Crippen molar-refractivity contribution in [2.75, 3.05) is 27.3 Å². The van der Waals surface area contributed by atoms with Crippen molar-refractivity contribution in [2.24, 2.45) is 0 Å². The summed E-state index contributed by atoms with van der Waals surface area (Å²) in [7, 11) is 3.16. The Hall–Kier alpha value is -3.08. The van der Waals surface area contributed by atoms with Gasteiger partial charge in [0.2, 0.25) is 0 Å². The fourth-order valence-electron chi connectivity index (χ4n) is 3.66. The van der Waals surface area contributed by atoms with E-state index < -0.39 is 0 Å². The highest BCUT2D eigenvalue weighted by Crippen LogP contribution is 2.31. The van der Waals surface area contributed by atoms with Crippen LogP contribution in [0, 0.1) is 0 Å². The van der Waals surface area contributed by atoms with Gasteiger partial charge < -0.3 is 14.4 Å². The minimum Gasteiger partial charge on any atom is -0.497 e. The van der Waals surface area contributed by atoms with E-state index in [-0.39, 0.29) is 11.8 Å². The molecule has 2 heterocycles. The van der Waals surface area contributed by atoms with E-state index >= 15 is 0 Å². The smallest absolute Gasteiger partial charge is 0.257 e. The van der Waals surface area contributed by atoms with Crippen molar-refractivity contribution in [1.29, 1.82) is 0 Å². The van der Waals surface area contributed by atoms with Gasteiger partial charge in [-0.15, -0.1) is 0 Å². The van der Waals surface area contributed by atoms with E-state index in [0.717, 1.165) is 17.5 Å². The predicted molar refractivity (Wildman–Crippen MR) is 105 cm³/mol. The summed E-state index contributed by atoms with van der Waals surface area (Å²) in [6, 6.07) is 15.6. The second-order valence-electron chi connectivity index (χ2n) is 6.76. The molecule has 5 nitrogen and oxygen atoms in total. The van der Waals surface area contributed by atoms with Gasteiger partial charge in [0.05, 0.1) is 19.8 Å². The summed E-state index contributed by atoms with van der Waals surface area (Å²) in [4.78, 5) is 19.5. The molecule has 0 radical (unpaired) electrons. The van der Waals surface area contributed by atoms with E-state index in [9.17, 15) is 4.79 Å². The molecule has 0 aliphatic carbocycles. The highest BCUT2D eigenvalue weighted by Gasteiger charge is 2.30. The Kier molecular flexibility index (Phi) is 4.67. The number of hydrogen-bond donors (Lipinski definition) is 0. The number of likely N-dealkylation sites (tertiary alicyclic amines) is 1. The fourth-order valence-corrected chi connectivity index (χ4v) is 3.66. The number of amides is 1. The third-order valence-electron chi connectivity index (χ3n) is 5.18. The lowest BCUT2D eigenvalue weighted by atomic mass is 10.0. The molecule has 1 amide bonds. The molecule has 0 bridgehead atoms. The summed E-state index contributed by atoms with van der Waals surface area (Å²) in [5, 5.41) is 2.32. The van der Waals surface area contributed by atoms with Crippen molar-refractivity contribution < 1.29 is 14.3 Å². The van der Waals surface area contributed by atoms with Gasteiger partial charge in [-0.05, 0) is 30.0 Å². The molecule has 1 saturated heterocycles. The lowest BCUT2D eigenvalue weighted by Gasteiger charge is -2.18. The molecule has 0 saturated carbocycles. The number of pyridine rings is 1. The standard InChI is InChI=1S/C22H22N2O3/c1-26-18-7-8-19(21(12-18)27-2)22(25)24-10-9-17(14-24)20-11-15-5-3-4-6-16(15)13-23-20/h3-8,11-13,17H,9-10,14H2,1-2H3/t17-/m1/s1. The van der Waals surface area contributed by atoms with Crippen LogP contribution >= 0.6 is 0 Å². The van der Waals surface area contributed by atoms with Crippen molar-refractivity contribution in [3.63, 3.8) is 0 Å². The van der Waals surface area contributed by atoms with Crippen LogP contribution in [-0.4, -0.2) is 43.1 Å². The Morgan fingerprint density at radius 1 is 1.07 bits per heavy atom. The Morgan fingerprint density at radius 3 is 2.67 bits per heavy atom. The Bertz CT molecular complexity index is 986. The third-order valence-corrected chi connectivity index (χ3v) is 5.18. The normalized spacial score (nSPS) is 16.5. The molecule has 3 aromatic rings. The van der Waals surface area contributed by atoms with Gasteiger partial charge in [-0.1, -0.05) is 24.3 Å². The van der Waals surface area contributed by atoms with E-state index in [1.807, 2.05) is 23.2 Å². The topological polar surface area (TPSA) is 51.7 Å². The fraction of sp³-hybridized carbons (Fsp3) is 0.273. The summed E-state index contributed by atoms with van der Waals surface area (Å²) < 4.78 is 10.6. The number of carbonyl (C=O) groups excluding carboxylic acids is 1. The molecule has 1 fully saturated rings. The number of hydrogen-bond acceptors (Lipinski definition) is 4. The molecular weight excluding hydrogens is 340 g/mol. The second kappa shape index (κ2) is 7.27. The largest absolute Gasteiger partial charge is 0.497 e. The highest BCUT2D eigenvalue weighted by molar-refractivity contribution is 5.97. The molecular formula is C22H22N2O3. The van der Waals surface area contributed by atoms with Crippen LogP contribution < -0.4 is 9.47 Å². The maximum absolute atomic E-state index is 13.0. The SMILES string of the molecule is COc1ccc(C(=O)N2CC[C@@H](c3cc4ccccc4cn3)C2)c(OC)c1. The van der Waals surface area contributed by atoms with Crippen molar-refractivity contribution in [3.8, 4) is 11.5 Å². The van der Waals surface area contributed by atoms with Crippen molar-refractivity contribution in [1.82, 2.24) is 9.88 Å². The Morgan fingerprint density at radius 2 is 1.89 bits per heavy atom. The van der Waals surface area contributed by atoms with Crippen LogP contribution in [0.3, 0.4) is 0 Å². The quantitative estimate of drug-likeness (QED) is 0.707. The summed E-state index contributed by atoms with van der Waals surface area (Å²) in [6.07, 6.45) is 2.83. The average molecular weight is 362 g/mol. The molecule has 0 N–H and O–H groups in total. The van der Waals surface area contributed by atoms with Gasteiger partial charge in [-0.2, -0.15) is 0 Å². The van der Waals surface area contributed by atoms with Crippen LogP contribution in [0.15, 0.2) is 54.7 Å². The first kappa shape index (κ1) is 17.3. The summed E-state index contributed by atoms with van der Waals surface area (Å²) in [5.41, 5.74) is 1.61. The molecule has 1 aliphatic rings. The zero-order valence-corrected chi connectivity index (χ0v) is 15.5. The third kappa shape index (κ3) is 3.33. The number of aromatic nitrogens is 1. The predicted octanol–water partition coefficient (Wildman–Crippen LogP) is 3.88. The summed E-state index contributed by atoms with van der Waals surface area (Å²) >= 11 is 0. The van der Waals surface area contributed by atoms with Gasteiger partial charge in [-0.25, -0.2) is 0 Å². The zero-order valence-electron chi connectivity index (χ0n) is 15.5. The van der Waals surface area contributed by atoms with Crippen LogP contribution in [-0.2, 0) is 0 Å². The van der Waals surface area contributed by atoms with Crippen LogP contribution in [0.5, 0.6) is 11.5 Å². The molecule has 2 aromatic carbocycles. The first-order valence-corrected chi connectivity index (χ1v) is 9.05. The lowest BCUT2D eigenvalue weighted by molar-refractivity contribution is 0.0787. The lowest BCUT2D eigenvalue weighted by Crippen LogP contribution is -2.28. The van der Waals surface area contributed by atoms with Crippen LogP contribution in [0.4, 0.5) is 0 Å². The number of methoxy groups -OCH3 is 2. The molecule has 27 heavy (non-hydrogen) atoms. The van der Waals surface area contributed by atoms with Crippen LogP contribution in [0.25, 0.3) is 10.8 Å². The van der Waals surface area contributed by atoms with E-state index in [1.165, 1.54) is 5.39 Å². The van der Waals surface area contributed by atoms with Crippen LogP contribution in [0.2, 0.25) is 0 Å². The Balaban J connectivity index is 1.54. The van der Waals surface area contributed by atoms with Gasteiger partial charge in [0.15, 0.2) is 0 Å². The van der Waals surface area contributed by atoms with E-state index in [2.05, 4.69) is 23.2 Å². The monoisotopic (exact) mass is 362 g/mol. The number of ether oxygens (including phenoxy) is 2. The van der Waals surface area contributed by atoms with Crippen LogP contribution in [0.1, 0.15) is 28.4 Å². The van der Waals surface area contributed by atoms with E-state index in [4.69, 9.17) is 9.47 Å². The van der Waals surface area contributed by atoms with E-state index in [1.54, 1.807) is 32.4 Å².